The zero-order valence-corrected chi connectivity index (χ0v) is 15.5. The maximum atomic E-state index is 12.5. The molecule has 0 unspecified atom stereocenters. The molecule has 0 saturated carbocycles. The monoisotopic (exact) mass is 357 g/mol. The van der Waals surface area contributed by atoms with E-state index in [1.807, 2.05) is 12.1 Å². The Labute approximate surface area is 154 Å². The molecule has 0 radical (unpaired) electrons. The van der Waals surface area contributed by atoms with Crippen molar-refractivity contribution in [2.75, 3.05) is 25.0 Å². The van der Waals surface area contributed by atoms with Crippen molar-refractivity contribution in [2.45, 2.75) is 38.5 Å². The number of amides is 1. The van der Waals surface area contributed by atoms with Crippen LogP contribution in [0.2, 0.25) is 0 Å². The van der Waals surface area contributed by atoms with Gasteiger partial charge in [0.25, 0.3) is 5.91 Å². The number of carbonyl (C=O) groups excluding carboxylic acids is 1. The van der Waals surface area contributed by atoms with E-state index in [2.05, 4.69) is 27.6 Å². The number of hydrogen-bond acceptors (Lipinski definition) is 5. The van der Waals surface area contributed by atoms with Crippen molar-refractivity contribution in [3.05, 3.63) is 35.7 Å². The normalized spacial score (nSPS) is 15.0. The van der Waals surface area contributed by atoms with Crippen LogP contribution < -0.4 is 15.4 Å². The Morgan fingerprint density at radius 3 is 2.73 bits per heavy atom. The third-order valence-electron chi connectivity index (χ3n) is 4.59. The summed E-state index contributed by atoms with van der Waals surface area (Å²) in [6.07, 6.45) is 4.17. The Morgan fingerprint density at radius 2 is 2.04 bits per heavy atom. The molecule has 1 fully saturated rings. The van der Waals surface area contributed by atoms with E-state index in [1.165, 1.54) is 0 Å². The molecule has 1 aromatic heterocycles. The minimum atomic E-state index is -0.197. The Kier molecular flexibility index (Phi) is 6.22. The molecular weight excluding hydrogens is 330 g/mol. The molecule has 1 aliphatic heterocycles. The van der Waals surface area contributed by atoms with Gasteiger partial charge in [0, 0.05) is 18.5 Å². The SMILES string of the molecule is CCCCOc1ccc(C(=O)Nc2nc(C3CCNCC3)nn2C)cc1. The highest BCUT2D eigenvalue weighted by Crippen LogP contribution is 2.23. The van der Waals surface area contributed by atoms with E-state index < -0.39 is 0 Å². The lowest BCUT2D eigenvalue weighted by Gasteiger charge is -2.19. The molecule has 1 amide bonds. The highest BCUT2D eigenvalue weighted by molar-refractivity contribution is 6.03. The molecule has 7 nitrogen and oxygen atoms in total. The second-order valence-electron chi connectivity index (χ2n) is 6.62. The average Bonchev–Trinajstić information content (AvgIpc) is 3.04. The fourth-order valence-corrected chi connectivity index (χ4v) is 2.98. The largest absolute Gasteiger partial charge is 0.494 e. The summed E-state index contributed by atoms with van der Waals surface area (Å²) in [6.45, 7) is 4.79. The zero-order chi connectivity index (χ0) is 18.4. The molecule has 140 valence electrons. The summed E-state index contributed by atoms with van der Waals surface area (Å²) in [5.74, 6) is 2.22. The van der Waals surface area contributed by atoms with E-state index in [0.717, 1.165) is 50.3 Å². The quantitative estimate of drug-likeness (QED) is 0.745. The van der Waals surface area contributed by atoms with Gasteiger partial charge in [-0.1, -0.05) is 13.3 Å². The molecule has 3 rings (SSSR count). The first kappa shape index (κ1) is 18.4. The van der Waals surface area contributed by atoms with Gasteiger partial charge in [0.1, 0.15) is 5.75 Å². The van der Waals surface area contributed by atoms with Crippen LogP contribution >= 0.6 is 0 Å². The van der Waals surface area contributed by atoms with Gasteiger partial charge in [-0.3, -0.25) is 10.1 Å². The maximum absolute atomic E-state index is 12.5. The molecule has 1 saturated heterocycles. The topological polar surface area (TPSA) is 81.1 Å². The van der Waals surface area contributed by atoms with E-state index >= 15 is 0 Å². The summed E-state index contributed by atoms with van der Waals surface area (Å²) >= 11 is 0. The molecule has 1 aromatic carbocycles. The number of nitrogens with zero attached hydrogens (tertiary/aromatic N) is 3. The van der Waals surface area contributed by atoms with Gasteiger partial charge in [-0.05, 0) is 56.6 Å². The molecule has 0 bridgehead atoms. The van der Waals surface area contributed by atoms with E-state index in [4.69, 9.17) is 4.74 Å². The fraction of sp³-hybridized carbons (Fsp3) is 0.526. The van der Waals surface area contributed by atoms with Gasteiger partial charge in [-0.25, -0.2) is 4.68 Å². The van der Waals surface area contributed by atoms with Crippen molar-refractivity contribution in [3.63, 3.8) is 0 Å². The van der Waals surface area contributed by atoms with Crippen LogP contribution in [0, 0.1) is 0 Å². The van der Waals surface area contributed by atoms with Crippen LogP contribution in [0.5, 0.6) is 5.75 Å². The predicted octanol–water partition coefficient (Wildman–Crippen LogP) is 2.71. The number of piperidine rings is 1. The van der Waals surface area contributed by atoms with Crippen molar-refractivity contribution in [2.24, 2.45) is 7.05 Å². The maximum Gasteiger partial charge on any atom is 0.258 e. The first-order valence-corrected chi connectivity index (χ1v) is 9.33. The number of ether oxygens (including phenoxy) is 1. The number of aromatic nitrogens is 3. The van der Waals surface area contributed by atoms with Crippen LogP contribution in [0.4, 0.5) is 5.95 Å². The molecular formula is C19H27N5O2. The summed E-state index contributed by atoms with van der Waals surface area (Å²) in [7, 11) is 1.80. The molecule has 1 aliphatic rings. The summed E-state index contributed by atoms with van der Waals surface area (Å²) in [4.78, 5) is 17.0. The number of unbranched alkanes of at least 4 members (excludes halogenated alkanes) is 1. The van der Waals surface area contributed by atoms with Gasteiger partial charge in [0.2, 0.25) is 5.95 Å². The highest BCUT2D eigenvalue weighted by atomic mass is 16.5. The minimum Gasteiger partial charge on any atom is -0.494 e. The van der Waals surface area contributed by atoms with Crippen LogP contribution in [0.15, 0.2) is 24.3 Å². The molecule has 0 spiro atoms. The third-order valence-corrected chi connectivity index (χ3v) is 4.59. The second-order valence-corrected chi connectivity index (χ2v) is 6.62. The zero-order valence-electron chi connectivity index (χ0n) is 15.5. The third kappa shape index (κ3) is 4.60. The van der Waals surface area contributed by atoms with Crippen LogP contribution in [-0.2, 0) is 7.05 Å². The fourth-order valence-electron chi connectivity index (χ4n) is 2.98. The number of nitrogens with one attached hydrogen (secondary N) is 2. The molecule has 2 heterocycles. The van der Waals surface area contributed by atoms with Crippen molar-refractivity contribution in [1.29, 1.82) is 0 Å². The summed E-state index contributed by atoms with van der Waals surface area (Å²) in [5, 5.41) is 10.7. The van der Waals surface area contributed by atoms with E-state index in [-0.39, 0.29) is 5.91 Å². The van der Waals surface area contributed by atoms with Gasteiger partial charge in [-0.15, -0.1) is 0 Å². The summed E-state index contributed by atoms with van der Waals surface area (Å²) in [5.41, 5.74) is 0.569. The van der Waals surface area contributed by atoms with Gasteiger partial charge >= 0.3 is 0 Å². The number of hydrogen-bond donors (Lipinski definition) is 2. The Balaban J connectivity index is 1.61. The number of benzene rings is 1. The van der Waals surface area contributed by atoms with Gasteiger partial charge in [0.05, 0.1) is 6.61 Å². The van der Waals surface area contributed by atoms with Crippen molar-refractivity contribution in [3.8, 4) is 5.75 Å². The van der Waals surface area contributed by atoms with E-state index in [0.29, 0.717) is 24.0 Å². The van der Waals surface area contributed by atoms with Crippen LogP contribution in [0.3, 0.4) is 0 Å². The van der Waals surface area contributed by atoms with Crippen molar-refractivity contribution >= 4 is 11.9 Å². The van der Waals surface area contributed by atoms with Crippen LogP contribution in [0.1, 0.15) is 54.7 Å². The Hall–Kier alpha value is -2.41. The Morgan fingerprint density at radius 1 is 1.31 bits per heavy atom. The molecule has 7 heteroatoms. The minimum absolute atomic E-state index is 0.197. The molecule has 2 N–H and O–H groups in total. The van der Waals surface area contributed by atoms with Gasteiger partial charge in [0.15, 0.2) is 5.82 Å². The molecule has 26 heavy (non-hydrogen) atoms. The molecule has 0 aliphatic carbocycles. The number of rotatable bonds is 7. The van der Waals surface area contributed by atoms with E-state index in [9.17, 15) is 4.79 Å². The summed E-state index contributed by atoms with van der Waals surface area (Å²) < 4.78 is 7.26. The molecule has 0 atom stereocenters. The smallest absolute Gasteiger partial charge is 0.258 e. The number of anilines is 1. The van der Waals surface area contributed by atoms with Crippen molar-refractivity contribution in [1.82, 2.24) is 20.1 Å². The van der Waals surface area contributed by atoms with Crippen LogP contribution in [-0.4, -0.2) is 40.4 Å². The summed E-state index contributed by atoms with van der Waals surface area (Å²) in [6, 6.07) is 7.17. The first-order valence-electron chi connectivity index (χ1n) is 9.33. The molecule has 2 aromatic rings. The van der Waals surface area contributed by atoms with Crippen LogP contribution in [0.25, 0.3) is 0 Å². The van der Waals surface area contributed by atoms with Gasteiger partial charge < -0.3 is 10.1 Å². The van der Waals surface area contributed by atoms with Crippen molar-refractivity contribution < 1.29 is 9.53 Å². The second kappa shape index (κ2) is 8.80. The standard InChI is InChI=1S/C19H27N5O2/c1-3-4-13-26-16-7-5-15(6-8-16)18(25)22-19-21-17(23-24(19)2)14-9-11-20-12-10-14/h5-8,14,20H,3-4,9-13H2,1-2H3,(H,21,22,23,25). The highest BCUT2D eigenvalue weighted by Gasteiger charge is 2.21. The van der Waals surface area contributed by atoms with Gasteiger partial charge in [-0.2, -0.15) is 10.1 Å². The average molecular weight is 357 g/mol. The first-order chi connectivity index (χ1) is 12.7. The number of aryl methyl sites for hydroxylation is 1. The lowest BCUT2D eigenvalue weighted by atomic mass is 9.98. The lowest BCUT2D eigenvalue weighted by molar-refractivity contribution is 0.102. The lowest BCUT2D eigenvalue weighted by Crippen LogP contribution is -2.27. The number of carbonyl (C=O) groups is 1. The van der Waals surface area contributed by atoms with E-state index in [1.54, 1.807) is 23.9 Å². The Bertz CT molecular complexity index is 720. The predicted molar refractivity (Wildman–Crippen MR) is 101 cm³/mol.